The molecule has 5 heteroatoms. The van der Waals surface area contributed by atoms with Crippen LogP contribution in [0.5, 0.6) is 0 Å². The van der Waals surface area contributed by atoms with Crippen molar-refractivity contribution in [2.75, 3.05) is 17.2 Å². The summed E-state index contributed by atoms with van der Waals surface area (Å²) in [7, 11) is 0. The molecule has 0 radical (unpaired) electrons. The van der Waals surface area contributed by atoms with Gasteiger partial charge in [-0.3, -0.25) is 0 Å². The molecule has 2 aromatic rings. The molecular formula is C15H19BrN4. The van der Waals surface area contributed by atoms with E-state index in [1.807, 2.05) is 12.1 Å². The molecule has 2 N–H and O–H groups in total. The predicted octanol–water partition coefficient (Wildman–Crippen LogP) is 3.98. The van der Waals surface area contributed by atoms with Crippen LogP contribution in [0, 0.1) is 6.92 Å². The summed E-state index contributed by atoms with van der Waals surface area (Å²) in [6.07, 6.45) is 2.82. The Morgan fingerprint density at radius 1 is 1.20 bits per heavy atom. The molecule has 0 aliphatic carbocycles. The average molecular weight is 335 g/mol. The van der Waals surface area contributed by atoms with Gasteiger partial charge in [0.25, 0.3) is 0 Å². The molecule has 1 aromatic heterocycles. The average Bonchev–Trinajstić information content (AvgIpc) is 2.46. The van der Waals surface area contributed by atoms with E-state index in [0.717, 1.165) is 29.8 Å². The summed E-state index contributed by atoms with van der Waals surface area (Å²) in [6, 6.07) is 8.33. The second-order valence-electron chi connectivity index (χ2n) is 4.60. The second kappa shape index (κ2) is 7.24. The van der Waals surface area contributed by atoms with E-state index >= 15 is 0 Å². The quantitative estimate of drug-likeness (QED) is 0.838. The number of nitrogens with zero attached hydrogens (tertiary/aromatic N) is 2. The fourth-order valence-corrected chi connectivity index (χ4v) is 2.13. The number of aryl methyl sites for hydroxylation is 1. The number of benzene rings is 1. The standard InChI is InChI=1S/C15H19BrN4/c1-3-8-17-15-19-10-13(16)14(20-15)18-9-12-7-5-4-6-11(12)2/h4-7,10H,3,8-9H2,1-2H3,(H2,17,18,19,20). The third kappa shape index (κ3) is 3.93. The largest absolute Gasteiger partial charge is 0.365 e. The van der Waals surface area contributed by atoms with E-state index in [4.69, 9.17) is 0 Å². The van der Waals surface area contributed by atoms with Crippen LogP contribution < -0.4 is 10.6 Å². The van der Waals surface area contributed by atoms with E-state index in [0.29, 0.717) is 5.95 Å². The Hall–Kier alpha value is -1.62. The Balaban J connectivity index is 2.07. The Bertz CT molecular complexity index is 572. The van der Waals surface area contributed by atoms with Gasteiger partial charge in [-0.1, -0.05) is 31.2 Å². The van der Waals surface area contributed by atoms with Crippen molar-refractivity contribution in [1.82, 2.24) is 9.97 Å². The van der Waals surface area contributed by atoms with Crippen molar-refractivity contribution in [1.29, 1.82) is 0 Å². The number of rotatable bonds is 6. The van der Waals surface area contributed by atoms with Gasteiger partial charge in [0.1, 0.15) is 5.82 Å². The lowest BCUT2D eigenvalue weighted by atomic mass is 10.1. The topological polar surface area (TPSA) is 49.8 Å². The van der Waals surface area contributed by atoms with E-state index in [2.05, 4.69) is 62.5 Å². The monoisotopic (exact) mass is 334 g/mol. The lowest BCUT2D eigenvalue weighted by Crippen LogP contribution is -2.08. The number of hydrogen-bond donors (Lipinski definition) is 2. The maximum Gasteiger partial charge on any atom is 0.224 e. The second-order valence-corrected chi connectivity index (χ2v) is 5.45. The molecule has 0 saturated heterocycles. The molecule has 0 atom stereocenters. The molecule has 0 bridgehead atoms. The number of anilines is 2. The zero-order chi connectivity index (χ0) is 14.4. The molecule has 0 amide bonds. The van der Waals surface area contributed by atoms with Crippen molar-refractivity contribution < 1.29 is 0 Å². The first-order valence-electron chi connectivity index (χ1n) is 6.75. The van der Waals surface area contributed by atoms with Crippen LogP contribution in [-0.2, 0) is 6.54 Å². The van der Waals surface area contributed by atoms with Crippen LogP contribution in [0.3, 0.4) is 0 Å². The summed E-state index contributed by atoms with van der Waals surface area (Å²) < 4.78 is 0.869. The summed E-state index contributed by atoms with van der Waals surface area (Å²) >= 11 is 3.48. The lowest BCUT2D eigenvalue weighted by Gasteiger charge is -2.11. The van der Waals surface area contributed by atoms with Crippen LogP contribution in [-0.4, -0.2) is 16.5 Å². The molecule has 0 spiro atoms. The minimum absolute atomic E-state index is 0.655. The van der Waals surface area contributed by atoms with Gasteiger partial charge in [0, 0.05) is 19.3 Å². The molecule has 0 aliphatic rings. The summed E-state index contributed by atoms with van der Waals surface area (Å²) in [4.78, 5) is 8.71. The van der Waals surface area contributed by atoms with Gasteiger partial charge in [0.05, 0.1) is 4.47 Å². The summed E-state index contributed by atoms with van der Waals surface area (Å²) in [5, 5.41) is 6.54. The first kappa shape index (κ1) is 14.8. The highest BCUT2D eigenvalue weighted by Gasteiger charge is 2.05. The van der Waals surface area contributed by atoms with Crippen molar-refractivity contribution in [2.45, 2.75) is 26.8 Å². The normalized spacial score (nSPS) is 10.3. The predicted molar refractivity (Wildman–Crippen MR) is 87.0 cm³/mol. The van der Waals surface area contributed by atoms with Gasteiger partial charge < -0.3 is 10.6 Å². The highest BCUT2D eigenvalue weighted by molar-refractivity contribution is 9.10. The number of halogens is 1. The van der Waals surface area contributed by atoms with E-state index in [9.17, 15) is 0 Å². The van der Waals surface area contributed by atoms with E-state index in [1.165, 1.54) is 11.1 Å². The van der Waals surface area contributed by atoms with Gasteiger partial charge in [-0.15, -0.1) is 0 Å². The molecule has 0 fully saturated rings. The first-order chi connectivity index (χ1) is 9.70. The SMILES string of the molecule is CCCNc1ncc(Br)c(NCc2ccccc2C)n1. The molecule has 0 unspecified atom stereocenters. The van der Waals surface area contributed by atoms with E-state index < -0.39 is 0 Å². The third-order valence-corrected chi connectivity index (χ3v) is 3.57. The van der Waals surface area contributed by atoms with Crippen LogP contribution in [0.25, 0.3) is 0 Å². The zero-order valence-electron chi connectivity index (χ0n) is 11.8. The van der Waals surface area contributed by atoms with Crippen molar-refractivity contribution in [3.63, 3.8) is 0 Å². The van der Waals surface area contributed by atoms with Gasteiger partial charge in [0.15, 0.2) is 0 Å². The molecule has 20 heavy (non-hydrogen) atoms. The maximum atomic E-state index is 4.47. The number of nitrogens with one attached hydrogen (secondary N) is 2. The van der Waals surface area contributed by atoms with Gasteiger partial charge in [-0.25, -0.2) is 4.98 Å². The van der Waals surface area contributed by atoms with Gasteiger partial charge in [-0.2, -0.15) is 4.98 Å². The Morgan fingerprint density at radius 3 is 2.75 bits per heavy atom. The minimum Gasteiger partial charge on any atom is -0.365 e. The molecule has 0 aliphatic heterocycles. The number of hydrogen-bond acceptors (Lipinski definition) is 4. The summed E-state index contributed by atoms with van der Waals surface area (Å²) in [5.41, 5.74) is 2.54. The van der Waals surface area contributed by atoms with Crippen LogP contribution in [0.1, 0.15) is 24.5 Å². The van der Waals surface area contributed by atoms with Crippen molar-refractivity contribution in [3.05, 3.63) is 46.1 Å². The molecular weight excluding hydrogens is 316 g/mol. The maximum absolute atomic E-state index is 4.47. The zero-order valence-corrected chi connectivity index (χ0v) is 13.4. The number of aromatic nitrogens is 2. The molecule has 1 heterocycles. The van der Waals surface area contributed by atoms with Gasteiger partial charge in [0.2, 0.25) is 5.95 Å². The van der Waals surface area contributed by atoms with Crippen molar-refractivity contribution >= 4 is 27.7 Å². The van der Waals surface area contributed by atoms with Crippen molar-refractivity contribution in [2.24, 2.45) is 0 Å². The fraction of sp³-hybridized carbons (Fsp3) is 0.333. The summed E-state index contributed by atoms with van der Waals surface area (Å²) in [6.45, 7) is 5.85. The Morgan fingerprint density at radius 2 is 2.00 bits per heavy atom. The molecule has 0 saturated carbocycles. The molecule has 1 aromatic carbocycles. The minimum atomic E-state index is 0.655. The molecule has 106 valence electrons. The Labute approximate surface area is 128 Å². The molecule has 4 nitrogen and oxygen atoms in total. The van der Waals surface area contributed by atoms with Crippen LogP contribution >= 0.6 is 15.9 Å². The van der Waals surface area contributed by atoms with Crippen LogP contribution in [0.4, 0.5) is 11.8 Å². The van der Waals surface area contributed by atoms with E-state index in [-0.39, 0.29) is 0 Å². The Kier molecular flexibility index (Phi) is 5.35. The van der Waals surface area contributed by atoms with Gasteiger partial charge >= 0.3 is 0 Å². The first-order valence-corrected chi connectivity index (χ1v) is 7.54. The third-order valence-electron chi connectivity index (χ3n) is 2.98. The highest BCUT2D eigenvalue weighted by atomic mass is 79.9. The fourth-order valence-electron chi connectivity index (χ4n) is 1.80. The smallest absolute Gasteiger partial charge is 0.224 e. The highest BCUT2D eigenvalue weighted by Crippen LogP contribution is 2.21. The lowest BCUT2D eigenvalue weighted by molar-refractivity contribution is 0.948. The van der Waals surface area contributed by atoms with Crippen molar-refractivity contribution in [3.8, 4) is 0 Å². The van der Waals surface area contributed by atoms with Crippen LogP contribution in [0.15, 0.2) is 34.9 Å². The van der Waals surface area contributed by atoms with E-state index in [1.54, 1.807) is 6.20 Å². The summed E-state index contributed by atoms with van der Waals surface area (Å²) in [5.74, 6) is 1.46. The molecule has 2 rings (SSSR count). The van der Waals surface area contributed by atoms with Gasteiger partial charge in [-0.05, 0) is 40.4 Å². The van der Waals surface area contributed by atoms with Crippen LogP contribution in [0.2, 0.25) is 0 Å².